The number of carboxylic acids is 1. The Morgan fingerprint density at radius 3 is 2.12 bits per heavy atom. The molecule has 0 saturated heterocycles. The highest BCUT2D eigenvalue weighted by Crippen LogP contribution is 2.37. The van der Waals surface area contributed by atoms with Crippen LogP contribution in [-0.2, 0) is 10.3 Å². The van der Waals surface area contributed by atoms with Gasteiger partial charge in [0.2, 0.25) is 5.54 Å². The van der Waals surface area contributed by atoms with Gasteiger partial charge in [-0.1, -0.05) is 18.2 Å². The number of aryl methyl sites for hydroxylation is 2. The predicted octanol–water partition coefficient (Wildman–Crippen LogP) is 2.10. The number of carboxylic acid groups (broad SMARTS) is 1. The number of rotatable bonds is 2. The van der Waals surface area contributed by atoms with Crippen molar-refractivity contribution in [1.29, 1.82) is 0 Å². The minimum Gasteiger partial charge on any atom is -0.479 e. The molecule has 0 aromatic heterocycles. The van der Waals surface area contributed by atoms with Gasteiger partial charge < -0.3 is 10.8 Å². The molecule has 1 atom stereocenters. The second-order valence-electron chi connectivity index (χ2n) is 3.91. The SMILES string of the molecule is Cc1ccc(C(N)(C(=O)O)C(F)(F)F)cc1C. The van der Waals surface area contributed by atoms with Crippen LogP contribution in [0.4, 0.5) is 13.2 Å². The average Bonchev–Trinajstić information content (AvgIpc) is 2.19. The molecule has 1 aromatic carbocycles. The molecule has 6 heteroatoms. The van der Waals surface area contributed by atoms with Gasteiger partial charge in [0.1, 0.15) is 0 Å². The lowest BCUT2D eigenvalue weighted by molar-refractivity contribution is -0.204. The number of carbonyl (C=O) groups is 1. The Bertz CT molecular complexity index is 457. The van der Waals surface area contributed by atoms with Crippen molar-refractivity contribution in [3.05, 3.63) is 34.9 Å². The van der Waals surface area contributed by atoms with Crippen LogP contribution >= 0.6 is 0 Å². The Balaban J connectivity index is 3.44. The summed E-state index contributed by atoms with van der Waals surface area (Å²) in [6.45, 7) is 3.31. The molecule has 0 heterocycles. The molecule has 1 aromatic rings. The number of aliphatic carboxylic acids is 1. The molecule has 0 spiro atoms. The van der Waals surface area contributed by atoms with E-state index in [4.69, 9.17) is 10.8 Å². The normalized spacial score (nSPS) is 15.4. The Kier molecular flexibility index (Phi) is 3.20. The van der Waals surface area contributed by atoms with Crippen molar-refractivity contribution in [3.8, 4) is 0 Å². The number of nitrogens with two attached hydrogens (primary N) is 1. The highest BCUT2D eigenvalue weighted by Gasteiger charge is 2.59. The van der Waals surface area contributed by atoms with Gasteiger partial charge in [-0.25, -0.2) is 4.79 Å². The maximum atomic E-state index is 12.8. The van der Waals surface area contributed by atoms with E-state index in [-0.39, 0.29) is 0 Å². The maximum absolute atomic E-state index is 12.8. The molecule has 3 nitrogen and oxygen atoms in total. The first-order chi connectivity index (χ1) is 7.60. The van der Waals surface area contributed by atoms with E-state index in [1.54, 1.807) is 13.8 Å². The van der Waals surface area contributed by atoms with Crippen LogP contribution in [0.25, 0.3) is 0 Å². The number of hydrogen-bond acceptors (Lipinski definition) is 2. The Labute approximate surface area is 96.0 Å². The lowest BCUT2D eigenvalue weighted by atomic mass is 9.88. The fourth-order valence-electron chi connectivity index (χ4n) is 1.40. The zero-order chi connectivity index (χ0) is 13.4. The van der Waals surface area contributed by atoms with Gasteiger partial charge in [0, 0.05) is 0 Å². The molecule has 1 rings (SSSR count). The number of alkyl halides is 3. The summed E-state index contributed by atoms with van der Waals surface area (Å²) in [5.74, 6) is -2.12. The quantitative estimate of drug-likeness (QED) is 0.841. The standard InChI is InChI=1S/C11H12F3NO2/c1-6-3-4-8(5-7(6)2)10(15,9(16)17)11(12,13)14/h3-5H,15H2,1-2H3,(H,16,17). The lowest BCUT2D eigenvalue weighted by Crippen LogP contribution is -2.56. The van der Waals surface area contributed by atoms with Crippen molar-refractivity contribution in [2.45, 2.75) is 25.6 Å². The van der Waals surface area contributed by atoms with Gasteiger partial charge in [0.15, 0.2) is 0 Å². The summed E-state index contributed by atoms with van der Waals surface area (Å²) in [5.41, 5.74) is 2.52. The van der Waals surface area contributed by atoms with Gasteiger partial charge in [-0.3, -0.25) is 0 Å². The van der Waals surface area contributed by atoms with E-state index in [2.05, 4.69) is 0 Å². The van der Waals surface area contributed by atoms with Crippen molar-refractivity contribution >= 4 is 5.97 Å². The van der Waals surface area contributed by atoms with E-state index in [0.717, 1.165) is 17.7 Å². The minimum atomic E-state index is -5.06. The van der Waals surface area contributed by atoms with Gasteiger partial charge >= 0.3 is 12.1 Å². The van der Waals surface area contributed by atoms with Gasteiger partial charge in [0.05, 0.1) is 0 Å². The predicted molar refractivity (Wildman–Crippen MR) is 55.5 cm³/mol. The Hall–Kier alpha value is -1.56. The highest BCUT2D eigenvalue weighted by atomic mass is 19.4. The smallest absolute Gasteiger partial charge is 0.421 e. The molecule has 0 bridgehead atoms. The van der Waals surface area contributed by atoms with Crippen molar-refractivity contribution < 1.29 is 23.1 Å². The first-order valence-electron chi connectivity index (χ1n) is 4.77. The molecule has 0 aliphatic carbocycles. The van der Waals surface area contributed by atoms with Crippen LogP contribution in [0.3, 0.4) is 0 Å². The molecule has 3 N–H and O–H groups in total. The summed E-state index contributed by atoms with van der Waals surface area (Å²) >= 11 is 0. The second kappa shape index (κ2) is 4.03. The van der Waals surface area contributed by atoms with Gasteiger partial charge in [0.25, 0.3) is 0 Å². The van der Waals surface area contributed by atoms with Gasteiger partial charge in [-0.05, 0) is 30.5 Å². The van der Waals surface area contributed by atoms with Crippen LogP contribution in [0.15, 0.2) is 18.2 Å². The van der Waals surface area contributed by atoms with Crippen molar-refractivity contribution in [2.24, 2.45) is 5.73 Å². The summed E-state index contributed by atoms with van der Waals surface area (Å²) in [5, 5.41) is 8.74. The van der Waals surface area contributed by atoms with Crippen LogP contribution in [0.2, 0.25) is 0 Å². The molecule has 1 unspecified atom stereocenters. The van der Waals surface area contributed by atoms with Crippen molar-refractivity contribution in [1.82, 2.24) is 0 Å². The molecule has 0 radical (unpaired) electrons. The molecule has 0 saturated carbocycles. The van der Waals surface area contributed by atoms with E-state index in [9.17, 15) is 18.0 Å². The summed E-state index contributed by atoms with van der Waals surface area (Å²) in [6.07, 6.45) is -5.06. The third-order valence-electron chi connectivity index (χ3n) is 2.75. The average molecular weight is 247 g/mol. The van der Waals surface area contributed by atoms with E-state index < -0.39 is 23.2 Å². The lowest BCUT2D eigenvalue weighted by Gasteiger charge is -2.28. The zero-order valence-corrected chi connectivity index (χ0v) is 9.30. The fraction of sp³-hybridized carbons (Fsp3) is 0.364. The molecular formula is C11H12F3NO2. The van der Waals surface area contributed by atoms with Gasteiger partial charge in [-0.2, -0.15) is 13.2 Å². The van der Waals surface area contributed by atoms with E-state index in [0.29, 0.717) is 5.56 Å². The third kappa shape index (κ3) is 2.12. The van der Waals surface area contributed by atoms with Crippen LogP contribution in [-0.4, -0.2) is 17.3 Å². The third-order valence-corrected chi connectivity index (χ3v) is 2.75. The molecule has 0 amide bonds. The van der Waals surface area contributed by atoms with E-state index in [1.807, 2.05) is 0 Å². The number of benzene rings is 1. The van der Waals surface area contributed by atoms with E-state index >= 15 is 0 Å². The Morgan fingerprint density at radius 1 is 1.24 bits per heavy atom. The molecule has 17 heavy (non-hydrogen) atoms. The largest absolute Gasteiger partial charge is 0.479 e. The first-order valence-corrected chi connectivity index (χ1v) is 4.77. The van der Waals surface area contributed by atoms with Crippen LogP contribution in [0.5, 0.6) is 0 Å². The van der Waals surface area contributed by atoms with E-state index in [1.165, 1.54) is 6.07 Å². The van der Waals surface area contributed by atoms with Crippen molar-refractivity contribution in [2.75, 3.05) is 0 Å². The molecule has 94 valence electrons. The topological polar surface area (TPSA) is 63.3 Å². The molecule has 0 aliphatic rings. The first kappa shape index (κ1) is 13.5. The molecule has 0 fully saturated rings. The maximum Gasteiger partial charge on any atom is 0.421 e. The highest BCUT2D eigenvalue weighted by molar-refractivity contribution is 5.81. The second-order valence-corrected chi connectivity index (χ2v) is 3.91. The number of halogens is 3. The van der Waals surface area contributed by atoms with Crippen LogP contribution in [0, 0.1) is 13.8 Å². The summed E-state index contributed by atoms with van der Waals surface area (Å²) in [6, 6.07) is 3.65. The Morgan fingerprint density at radius 2 is 1.76 bits per heavy atom. The minimum absolute atomic E-state index is 0.472. The molecule has 0 aliphatic heterocycles. The number of hydrogen-bond donors (Lipinski definition) is 2. The molecular weight excluding hydrogens is 235 g/mol. The van der Waals surface area contributed by atoms with Crippen molar-refractivity contribution in [3.63, 3.8) is 0 Å². The summed E-state index contributed by atoms with van der Waals surface area (Å²) in [7, 11) is 0. The fourth-order valence-corrected chi connectivity index (χ4v) is 1.40. The zero-order valence-electron chi connectivity index (χ0n) is 9.30. The monoisotopic (exact) mass is 247 g/mol. The summed E-state index contributed by atoms with van der Waals surface area (Å²) < 4.78 is 38.3. The summed E-state index contributed by atoms with van der Waals surface area (Å²) in [4.78, 5) is 10.8. The van der Waals surface area contributed by atoms with Crippen LogP contribution in [0.1, 0.15) is 16.7 Å². The van der Waals surface area contributed by atoms with Gasteiger partial charge in [-0.15, -0.1) is 0 Å². The van der Waals surface area contributed by atoms with Crippen LogP contribution < -0.4 is 5.73 Å².